The SMILES string of the molecule is CCCN(CC(=O)N(C)C)c1c(N)cccc1C(=O)OC. The molecule has 0 spiro atoms. The molecule has 0 fully saturated rings. The molecule has 0 saturated carbocycles. The molecular formula is C15H23N3O3. The van der Waals surface area contributed by atoms with Gasteiger partial charge in [0, 0.05) is 20.6 Å². The molecule has 1 aromatic carbocycles. The van der Waals surface area contributed by atoms with E-state index in [1.807, 2.05) is 11.8 Å². The van der Waals surface area contributed by atoms with Gasteiger partial charge in [-0.1, -0.05) is 13.0 Å². The number of hydrogen-bond acceptors (Lipinski definition) is 5. The number of amides is 1. The quantitative estimate of drug-likeness (QED) is 0.633. The normalized spacial score (nSPS) is 10.1. The molecule has 0 bridgehead atoms. The van der Waals surface area contributed by atoms with Crippen molar-refractivity contribution < 1.29 is 14.3 Å². The van der Waals surface area contributed by atoms with E-state index >= 15 is 0 Å². The van der Waals surface area contributed by atoms with E-state index < -0.39 is 5.97 Å². The molecule has 2 N–H and O–H groups in total. The van der Waals surface area contributed by atoms with Crippen LogP contribution in [0.2, 0.25) is 0 Å². The minimum absolute atomic E-state index is 0.0532. The van der Waals surface area contributed by atoms with Gasteiger partial charge in [-0.15, -0.1) is 0 Å². The Morgan fingerprint density at radius 1 is 1.29 bits per heavy atom. The number of rotatable bonds is 6. The average molecular weight is 293 g/mol. The zero-order chi connectivity index (χ0) is 16.0. The van der Waals surface area contributed by atoms with Crippen molar-refractivity contribution in [3.8, 4) is 0 Å². The van der Waals surface area contributed by atoms with Crippen LogP contribution in [0.5, 0.6) is 0 Å². The Morgan fingerprint density at radius 2 is 1.95 bits per heavy atom. The first-order valence-electron chi connectivity index (χ1n) is 6.84. The fourth-order valence-electron chi connectivity index (χ4n) is 2.03. The summed E-state index contributed by atoms with van der Waals surface area (Å²) in [5.74, 6) is -0.516. The topological polar surface area (TPSA) is 75.9 Å². The van der Waals surface area contributed by atoms with Crippen molar-refractivity contribution in [1.82, 2.24) is 4.90 Å². The molecule has 0 unspecified atom stereocenters. The number of likely N-dealkylation sites (N-methyl/N-ethyl adjacent to an activating group) is 1. The summed E-state index contributed by atoms with van der Waals surface area (Å²) in [5, 5.41) is 0. The summed E-state index contributed by atoms with van der Waals surface area (Å²) in [5.41, 5.74) is 7.41. The van der Waals surface area contributed by atoms with Gasteiger partial charge in [-0.25, -0.2) is 4.79 Å². The zero-order valence-corrected chi connectivity index (χ0v) is 13.0. The summed E-state index contributed by atoms with van der Waals surface area (Å²) in [6.45, 7) is 2.79. The summed E-state index contributed by atoms with van der Waals surface area (Å²) in [6.07, 6.45) is 0.829. The van der Waals surface area contributed by atoms with Crippen LogP contribution in [-0.2, 0) is 9.53 Å². The summed E-state index contributed by atoms with van der Waals surface area (Å²) in [6, 6.07) is 5.06. The highest BCUT2D eigenvalue weighted by molar-refractivity contribution is 6.00. The van der Waals surface area contributed by atoms with Crippen molar-refractivity contribution in [3.63, 3.8) is 0 Å². The number of anilines is 2. The standard InChI is InChI=1S/C15H23N3O3/c1-5-9-18(10-13(19)17(2)3)14-11(15(20)21-4)7-6-8-12(14)16/h6-8H,5,9-10,16H2,1-4H3. The minimum Gasteiger partial charge on any atom is -0.465 e. The summed E-state index contributed by atoms with van der Waals surface area (Å²) in [7, 11) is 4.72. The number of hydrogen-bond donors (Lipinski definition) is 1. The van der Waals surface area contributed by atoms with Crippen LogP contribution >= 0.6 is 0 Å². The molecular weight excluding hydrogens is 270 g/mol. The number of methoxy groups -OCH3 is 1. The van der Waals surface area contributed by atoms with Gasteiger partial charge in [-0.2, -0.15) is 0 Å². The molecule has 21 heavy (non-hydrogen) atoms. The van der Waals surface area contributed by atoms with Gasteiger partial charge < -0.3 is 20.3 Å². The molecule has 0 atom stereocenters. The van der Waals surface area contributed by atoms with E-state index in [-0.39, 0.29) is 12.5 Å². The van der Waals surface area contributed by atoms with Gasteiger partial charge in [0.25, 0.3) is 0 Å². The maximum atomic E-state index is 12.0. The number of nitrogens with two attached hydrogens (primary N) is 1. The Balaban J connectivity index is 3.23. The second kappa shape index (κ2) is 7.52. The van der Waals surface area contributed by atoms with Crippen molar-refractivity contribution in [2.75, 3.05) is 44.9 Å². The summed E-state index contributed by atoms with van der Waals surface area (Å²) in [4.78, 5) is 27.2. The van der Waals surface area contributed by atoms with Crippen LogP contribution in [0.25, 0.3) is 0 Å². The fraction of sp³-hybridized carbons (Fsp3) is 0.467. The molecule has 0 aliphatic carbocycles. The summed E-state index contributed by atoms with van der Waals surface area (Å²) >= 11 is 0. The molecule has 1 aromatic rings. The Hall–Kier alpha value is -2.24. The number of esters is 1. The first-order chi connectivity index (χ1) is 9.92. The first-order valence-corrected chi connectivity index (χ1v) is 6.84. The average Bonchev–Trinajstić information content (AvgIpc) is 2.45. The van der Waals surface area contributed by atoms with Gasteiger partial charge in [0.15, 0.2) is 0 Å². The number of benzene rings is 1. The highest BCUT2D eigenvalue weighted by atomic mass is 16.5. The highest BCUT2D eigenvalue weighted by Gasteiger charge is 2.21. The van der Waals surface area contributed by atoms with Crippen molar-refractivity contribution in [1.29, 1.82) is 0 Å². The van der Waals surface area contributed by atoms with Crippen molar-refractivity contribution in [2.45, 2.75) is 13.3 Å². The lowest BCUT2D eigenvalue weighted by atomic mass is 10.1. The van der Waals surface area contributed by atoms with E-state index in [0.29, 0.717) is 23.5 Å². The van der Waals surface area contributed by atoms with Crippen molar-refractivity contribution in [2.24, 2.45) is 0 Å². The first kappa shape index (κ1) is 16.8. The minimum atomic E-state index is -0.462. The number of carbonyl (C=O) groups excluding carboxylic acids is 2. The van der Waals surface area contributed by atoms with Crippen LogP contribution in [0.4, 0.5) is 11.4 Å². The molecule has 0 aliphatic rings. The van der Waals surface area contributed by atoms with Gasteiger partial charge >= 0.3 is 5.97 Å². The smallest absolute Gasteiger partial charge is 0.340 e. The van der Waals surface area contributed by atoms with Crippen LogP contribution in [0.1, 0.15) is 23.7 Å². The van der Waals surface area contributed by atoms with Gasteiger partial charge in [-0.3, -0.25) is 4.79 Å². The number of nitrogen functional groups attached to an aromatic ring is 1. The lowest BCUT2D eigenvalue weighted by molar-refractivity contribution is -0.127. The Morgan fingerprint density at radius 3 is 2.48 bits per heavy atom. The molecule has 0 aromatic heterocycles. The molecule has 6 nitrogen and oxygen atoms in total. The van der Waals surface area contributed by atoms with Crippen molar-refractivity contribution in [3.05, 3.63) is 23.8 Å². The maximum absolute atomic E-state index is 12.0. The van der Waals surface area contributed by atoms with Crippen LogP contribution in [0.3, 0.4) is 0 Å². The second-order valence-corrected chi connectivity index (χ2v) is 4.94. The van der Waals surface area contributed by atoms with Crippen LogP contribution in [0, 0.1) is 0 Å². The predicted molar refractivity (Wildman–Crippen MR) is 83.4 cm³/mol. The Bertz CT molecular complexity index is 515. The van der Waals surface area contributed by atoms with E-state index in [2.05, 4.69) is 0 Å². The molecule has 1 amide bonds. The third-order valence-electron chi connectivity index (χ3n) is 3.11. The van der Waals surface area contributed by atoms with E-state index in [0.717, 1.165) is 6.42 Å². The monoisotopic (exact) mass is 293 g/mol. The fourth-order valence-corrected chi connectivity index (χ4v) is 2.03. The second-order valence-electron chi connectivity index (χ2n) is 4.94. The van der Waals surface area contributed by atoms with Gasteiger partial charge in [-0.05, 0) is 18.6 Å². The third-order valence-corrected chi connectivity index (χ3v) is 3.11. The van der Waals surface area contributed by atoms with Crippen LogP contribution in [0.15, 0.2) is 18.2 Å². The van der Waals surface area contributed by atoms with E-state index in [9.17, 15) is 9.59 Å². The van der Waals surface area contributed by atoms with Crippen LogP contribution < -0.4 is 10.6 Å². The van der Waals surface area contributed by atoms with E-state index in [4.69, 9.17) is 10.5 Å². The molecule has 6 heteroatoms. The zero-order valence-electron chi connectivity index (χ0n) is 13.0. The van der Waals surface area contributed by atoms with Gasteiger partial charge in [0.2, 0.25) is 5.91 Å². The Labute approximate surface area is 125 Å². The number of para-hydroxylation sites is 1. The molecule has 0 saturated heterocycles. The lowest BCUT2D eigenvalue weighted by Crippen LogP contribution is -2.38. The molecule has 0 aliphatic heterocycles. The molecule has 0 radical (unpaired) electrons. The maximum Gasteiger partial charge on any atom is 0.340 e. The van der Waals surface area contributed by atoms with Gasteiger partial charge in [0.05, 0.1) is 30.6 Å². The van der Waals surface area contributed by atoms with E-state index in [1.54, 1.807) is 32.3 Å². The van der Waals surface area contributed by atoms with E-state index in [1.165, 1.54) is 12.0 Å². The Kier molecular flexibility index (Phi) is 6.02. The number of carbonyl (C=O) groups is 2. The largest absolute Gasteiger partial charge is 0.465 e. The number of nitrogens with zero attached hydrogens (tertiary/aromatic N) is 2. The molecule has 1 rings (SSSR count). The molecule has 0 heterocycles. The highest BCUT2D eigenvalue weighted by Crippen LogP contribution is 2.28. The predicted octanol–water partition coefficient (Wildman–Crippen LogP) is 1.36. The van der Waals surface area contributed by atoms with Gasteiger partial charge in [0.1, 0.15) is 0 Å². The lowest BCUT2D eigenvalue weighted by Gasteiger charge is -2.28. The number of ether oxygens (including phenoxy) is 1. The van der Waals surface area contributed by atoms with Crippen molar-refractivity contribution >= 4 is 23.3 Å². The van der Waals surface area contributed by atoms with Crippen LogP contribution in [-0.4, -0.2) is 51.1 Å². The third kappa shape index (κ3) is 4.11. The molecule has 116 valence electrons. The summed E-state index contributed by atoms with van der Waals surface area (Å²) < 4.78 is 4.80.